The second kappa shape index (κ2) is 6.81. The first-order chi connectivity index (χ1) is 9.58. The van der Waals surface area contributed by atoms with Crippen LogP contribution >= 0.6 is 27.5 Å². The Morgan fingerprint density at radius 2 is 2.20 bits per heavy atom. The molecule has 0 fully saturated rings. The van der Waals surface area contributed by atoms with E-state index in [4.69, 9.17) is 11.6 Å². The van der Waals surface area contributed by atoms with Crippen LogP contribution in [-0.2, 0) is 6.42 Å². The molecule has 1 amide bonds. The van der Waals surface area contributed by atoms with Gasteiger partial charge < -0.3 is 4.90 Å². The molecule has 0 aliphatic carbocycles. The van der Waals surface area contributed by atoms with Gasteiger partial charge in [0.1, 0.15) is 5.15 Å². The van der Waals surface area contributed by atoms with Gasteiger partial charge in [-0.15, -0.1) is 0 Å². The zero-order valence-corrected chi connectivity index (χ0v) is 13.2. The highest BCUT2D eigenvalue weighted by Gasteiger charge is 2.16. The molecule has 0 atom stereocenters. The van der Waals surface area contributed by atoms with Crippen molar-refractivity contribution in [3.8, 4) is 0 Å². The van der Waals surface area contributed by atoms with E-state index in [2.05, 4.69) is 25.9 Å². The summed E-state index contributed by atoms with van der Waals surface area (Å²) < 4.78 is 0.725. The number of amides is 1. The number of carbonyl (C=O) groups is 1. The number of aromatic nitrogens is 2. The fraction of sp³-hybridized carbons (Fsp3) is 0.214. The topological polar surface area (TPSA) is 46.1 Å². The molecule has 0 aliphatic rings. The summed E-state index contributed by atoms with van der Waals surface area (Å²) in [5.74, 6) is -0.153. The molecule has 0 radical (unpaired) electrons. The molecule has 2 aromatic heterocycles. The van der Waals surface area contributed by atoms with Crippen LogP contribution in [0.5, 0.6) is 0 Å². The second-order valence-electron chi connectivity index (χ2n) is 4.29. The molecule has 6 heteroatoms. The molecule has 0 bridgehead atoms. The molecule has 4 nitrogen and oxygen atoms in total. The second-order valence-corrected chi connectivity index (χ2v) is 5.56. The first kappa shape index (κ1) is 14.9. The quantitative estimate of drug-likeness (QED) is 0.792. The van der Waals surface area contributed by atoms with Crippen molar-refractivity contribution >= 4 is 33.4 Å². The Bertz CT molecular complexity index is 607. The van der Waals surface area contributed by atoms with Crippen LogP contribution in [0, 0.1) is 0 Å². The van der Waals surface area contributed by atoms with Gasteiger partial charge in [0.05, 0.1) is 5.56 Å². The number of likely N-dealkylation sites (N-methyl/N-ethyl adjacent to an activating group) is 1. The monoisotopic (exact) mass is 353 g/mol. The summed E-state index contributed by atoms with van der Waals surface area (Å²) in [5.41, 5.74) is 1.34. The van der Waals surface area contributed by atoms with Crippen LogP contribution in [0.3, 0.4) is 0 Å². The highest BCUT2D eigenvalue weighted by Crippen LogP contribution is 2.19. The van der Waals surface area contributed by atoms with Crippen LogP contribution in [0.15, 0.2) is 41.1 Å². The molecule has 20 heavy (non-hydrogen) atoms. The fourth-order valence-corrected chi connectivity index (χ4v) is 2.22. The van der Waals surface area contributed by atoms with E-state index in [0.29, 0.717) is 18.5 Å². The number of nitrogens with zero attached hydrogens (tertiary/aromatic N) is 3. The van der Waals surface area contributed by atoms with Gasteiger partial charge in [-0.25, -0.2) is 4.98 Å². The first-order valence-electron chi connectivity index (χ1n) is 6.04. The van der Waals surface area contributed by atoms with Crippen molar-refractivity contribution in [1.29, 1.82) is 0 Å². The van der Waals surface area contributed by atoms with Crippen LogP contribution in [-0.4, -0.2) is 34.4 Å². The van der Waals surface area contributed by atoms with E-state index in [1.54, 1.807) is 30.4 Å². The standard InChI is InChI=1S/C14H13BrClN3O/c1-19(7-5-11-4-2-3-6-17-11)14(20)12-8-10(15)9-18-13(12)16/h2-4,6,8-9H,5,7H2,1H3. The van der Waals surface area contributed by atoms with Gasteiger partial charge in [-0.05, 0) is 34.1 Å². The van der Waals surface area contributed by atoms with Crippen molar-refractivity contribution in [2.75, 3.05) is 13.6 Å². The smallest absolute Gasteiger partial charge is 0.256 e. The minimum absolute atomic E-state index is 0.153. The summed E-state index contributed by atoms with van der Waals surface area (Å²) in [6.45, 7) is 0.568. The van der Waals surface area contributed by atoms with Crippen molar-refractivity contribution in [2.24, 2.45) is 0 Å². The van der Waals surface area contributed by atoms with Gasteiger partial charge >= 0.3 is 0 Å². The van der Waals surface area contributed by atoms with E-state index in [1.807, 2.05) is 18.2 Å². The zero-order valence-electron chi connectivity index (χ0n) is 10.9. The molecule has 0 aromatic carbocycles. The molecular formula is C14H13BrClN3O. The van der Waals surface area contributed by atoms with Gasteiger partial charge in [-0.1, -0.05) is 17.7 Å². The molecule has 0 unspecified atom stereocenters. The molecule has 104 valence electrons. The third-order valence-electron chi connectivity index (χ3n) is 2.81. The zero-order chi connectivity index (χ0) is 14.5. The van der Waals surface area contributed by atoms with Crippen molar-refractivity contribution < 1.29 is 4.79 Å². The molecule has 0 spiro atoms. The summed E-state index contributed by atoms with van der Waals surface area (Å²) in [6.07, 6.45) is 4.00. The summed E-state index contributed by atoms with van der Waals surface area (Å²) in [7, 11) is 1.74. The van der Waals surface area contributed by atoms with Gasteiger partial charge in [-0.3, -0.25) is 9.78 Å². The third-order valence-corrected chi connectivity index (χ3v) is 3.55. The molecule has 2 aromatic rings. The van der Waals surface area contributed by atoms with Crippen LogP contribution < -0.4 is 0 Å². The van der Waals surface area contributed by atoms with Gasteiger partial charge in [0, 0.05) is 42.6 Å². The van der Waals surface area contributed by atoms with Crippen molar-refractivity contribution in [2.45, 2.75) is 6.42 Å². The minimum Gasteiger partial charge on any atom is -0.341 e. The summed E-state index contributed by atoms with van der Waals surface area (Å²) in [5, 5.41) is 0.211. The Morgan fingerprint density at radius 3 is 2.90 bits per heavy atom. The predicted octanol–water partition coefficient (Wildman–Crippen LogP) is 3.21. The number of halogens is 2. The number of hydrogen-bond donors (Lipinski definition) is 0. The maximum absolute atomic E-state index is 12.3. The summed E-state index contributed by atoms with van der Waals surface area (Å²) >= 11 is 9.25. The highest BCUT2D eigenvalue weighted by molar-refractivity contribution is 9.10. The first-order valence-corrected chi connectivity index (χ1v) is 7.21. The normalized spacial score (nSPS) is 10.3. The molecule has 0 saturated heterocycles. The lowest BCUT2D eigenvalue weighted by atomic mass is 10.2. The van der Waals surface area contributed by atoms with E-state index in [0.717, 1.165) is 10.2 Å². The lowest BCUT2D eigenvalue weighted by Crippen LogP contribution is -2.29. The van der Waals surface area contributed by atoms with Gasteiger partial charge in [0.25, 0.3) is 5.91 Å². The molecule has 2 rings (SSSR count). The van der Waals surface area contributed by atoms with E-state index >= 15 is 0 Å². The number of hydrogen-bond acceptors (Lipinski definition) is 3. The molecule has 0 N–H and O–H groups in total. The van der Waals surface area contributed by atoms with Crippen molar-refractivity contribution in [3.63, 3.8) is 0 Å². The van der Waals surface area contributed by atoms with Crippen LogP contribution in [0.1, 0.15) is 16.1 Å². The van der Waals surface area contributed by atoms with E-state index in [9.17, 15) is 4.79 Å². The van der Waals surface area contributed by atoms with Gasteiger partial charge in [-0.2, -0.15) is 0 Å². The minimum atomic E-state index is -0.153. The van der Waals surface area contributed by atoms with Gasteiger partial charge in [0.2, 0.25) is 0 Å². The van der Waals surface area contributed by atoms with E-state index < -0.39 is 0 Å². The lowest BCUT2D eigenvalue weighted by molar-refractivity contribution is 0.0796. The average Bonchev–Trinajstić information content (AvgIpc) is 2.47. The van der Waals surface area contributed by atoms with Crippen LogP contribution in [0.2, 0.25) is 5.15 Å². The molecule has 0 saturated carbocycles. The maximum atomic E-state index is 12.3. The average molecular weight is 355 g/mol. The Hall–Kier alpha value is -1.46. The Labute approximate surface area is 130 Å². The predicted molar refractivity (Wildman–Crippen MR) is 81.8 cm³/mol. The summed E-state index contributed by atoms with van der Waals surface area (Å²) in [4.78, 5) is 22.1. The molecule has 2 heterocycles. The lowest BCUT2D eigenvalue weighted by Gasteiger charge is -2.17. The Balaban J connectivity index is 2.03. The van der Waals surface area contributed by atoms with Crippen molar-refractivity contribution in [1.82, 2.24) is 14.9 Å². The van der Waals surface area contributed by atoms with Crippen LogP contribution in [0.25, 0.3) is 0 Å². The maximum Gasteiger partial charge on any atom is 0.256 e. The molecular weight excluding hydrogens is 342 g/mol. The van der Waals surface area contributed by atoms with Gasteiger partial charge in [0.15, 0.2) is 0 Å². The Morgan fingerprint density at radius 1 is 1.40 bits per heavy atom. The molecule has 0 aliphatic heterocycles. The van der Waals surface area contributed by atoms with Crippen LogP contribution in [0.4, 0.5) is 0 Å². The van der Waals surface area contributed by atoms with Crippen molar-refractivity contribution in [3.05, 3.63) is 57.5 Å². The Kier molecular flexibility index (Phi) is 5.09. The third kappa shape index (κ3) is 3.77. The van der Waals surface area contributed by atoms with E-state index in [-0.39, 0.29) is 11.1 Å². The number of carbonyl (C=O) groups excluding carboxylic acids is 1. The van der Waals surface area contributed by atoms with E-state index in [1.165, 1.54) is 0 Å². The SMILES string of the molecule is CN(CCc1ccccn1)C(=O)c1cc(Br)cnc1Cl. The number of rotatable bonds is 4. The highest BCUT2D eigenvalue weighted by atomic mass is 79.9. The summed E-state index contributed by atoms with van der Waals surface area (Å²) in [6, 6.07) is 7.41. The largest absolute Gasteiger partial charge is 0.341 e. The fourth-order valence-electron chi connectivity index (χ4n) is 1.71. The number of pyridine rings is 2.